The zero-order chi connectivity index (χ0) is 14.6. The van der Waals surface area contributed by atoms with Gasteiger partial charge < -0.3 is 18.9 Å². The van der Waals surface area contributed by atoms with Crippen molar-refractivity contribution in [2.24, 2.45) is 0 Å². The molecule has 0 aromatic carbocycles. The molecule has 0 bridgehead atoms. The molecule has 0 aliphatic carbocycles. The molecule has 1 saturated heterocycles. The molecule has 0 radical (unpaired) electrons. The number of likely N-dealkylation sites (tertiary alicyclic amines) is 1. The van der Waals surface area contributed by atoms with Crippen LogP contribution in [0.5, 0.6) is 0 Å². The summed E-state index contributed by atoms with van der Waals surface area (Å²) >= 11 is 0. The van der Waals surface area contributed by atoms with Crippen molar-refractivity contribution in [3.8, 4) is 0 Å². The number of ether oxygens (including phenoxy) is 4. The summed E-state index contributed by atoms with van der Waals surface area (Å²) in [5, 5.41) is 0. The van der Waals surface area contributed by atoms with Crippen molar-refractivity contribution in [2.75, 3.05) is 21.3 Å². The fourth-order valence-corrected chi connectivity index (χ4v) is 2.07. The first-order valence-corrected chi connectivity index (χ1v) is 5.60. The first-order valence-electron chi connectivity index (χ1n) is 5.60. The van der Waals surface area contributed by atoms with Gasteiger partial charge in [-0.05, 0) is 0 Å². The number of methoxy groups -OCH3 is 3. The lowest BCUT2D eigenvalue weighted by molar-refractivity contribution is -0.156. The summed E-state index contributed by atoms with van der Waals surface area (Å²) in [7, 11) is 3.73. The van der Waals surface area contributed by atoms with Crippen molar-refractivity contribution in [3.05, 3.63) is 0 Å². The van der Waals surface area contributed by atoms with Crippen molar-refractivity contribution in [1.29, 1.82) is 0 Å². The van der Waals surface area contributed by atoms with Crippen LogP contribution in [0.15, 0.2) is 0 Å². The lowest BCUT2D eigenvalue weighted by Crippen LogP contribution is -2.47. The molecule has 108 valence electrons. The average Bonchev–Trinajstić information content (AvgIpc) is 2.74. The second-order valence-corrected chi connectivity index (χ2v) is 3.93. The fourth-order valence-electron chi connectivity index (χ4n) is 2.07. The normalized spacial score (nSPS) is 25.9. The highest BCUT2D eigenvalue weighted by atomic mass is 16.6. The van der Waals surface area contributed by atoms with Gasteiger partial charge in [-0.25, -0.2) is 9.59 Å². The van der Waals surface area contributed by atoms with Gasteiger partial charge in [-0.3, -0.25) is 9.69 Å². The average molecular weight is 275 g/mol. The maximum atomic E-state index is 11.7. The molecule has 0 saturated carbocycles. The van der Waals surface area contributed by atoms with Gasteiger partial charge in [0.15, 0.2) is 6.23 Å². The third-order valence-electron chi connectivity index (χ3n) is 2.80. The molecule has 1 aliphatic heterocycles. The van der Waals surface area contributed by atoms with Crippen LogP contribution in [0, 0.1) is 0 Å². The highest BCUT2D eigenvalue weighted by Crippen LogP contribution is 2.29. The van der Waals surface area contributed by atoms with Crippen LogP contribution in [0.25, 0.3) is 0 Å². The highest BCUT2D eigenvalue weighted by molar-refractivity contribution is 5.82. The highest BCUT2D eigenvalue weighted by Gasteiger charge is 2.50. The second kappa shape index (κ2) is 6.37. The van der Waals surface area contributed by atoms with E-state index in [1.807, 2.05) is 0 Å². The molecule has 1 amide bonds. The number of rotatable bonds is 3. The van der Waals surface area contributed by atoms with Crippen LogP contribution in [-0.4, -0.2) is 62.6 Å². The van der Waals surface area contributed by atoms with E-state index in [-0.39, 0.29) is 6.42 Å². The minimum Gasteiger partial charge on any atom is -0.467 e. The van der Waals surface area contributed by atoms with Gasteiger partial charge in [0.2, 0.25) is 0 Å². The van der Waals surface area contributed by atoms with E-state index in [2.05, 4.69) is 9.47 Å². The van der Waals surface area contributed by atoms with Gasteiger partial charge in [0.1, 0.15) is 12.1 Å². The Morgan fingerprint density at radius 1 is 1.11 bits per heavy atom. The Bertz CT molecular complexity index is 370. The molecule has 0 aromatic heterocycles. The SMILES string of the molecule is COC(=O)[C@@H]1C[C@@H](OC(C)=O)[C@@H](OC)N1C(=O)OC. The van der Waals surface area contributed by atoms with Gasteiger partial charge in [0.25, 0.3) is 0 Å². The summed E-state index contributed by atoms with van der Waals surface area (Å²) < 4.78 is 19.4. The fraction of sp³-hybridized carbons (Fsp3) is 0.727. The molecule has 3 atom stereocenters. The summed E-state index contributed by atoms with van der Waals surface area (Å²) in [6.45, 7) is 1.24. The number of hydrogen-bond acceptors (Lipinski definition) is 7. The van der Waals surface area contributed by atoms with Crippen LogP contribution >= 0.6 is 0 Å². The van der Waals surface area contributed by atoms with Gasteiger partial charge in [0.05, 0.1) is 14.2 Å². The quantitative estimate of drug-likeness (QED) is 0.524. The van der Waals surface area contributed by atoms with E-state index < -0.39 is 36.4 Å². The van der Waals surface area contributed by atoms with Crippen LogP contribution in [0.4, 0.5) is 4.79 Å². The van der Waals surface area contributed by atoms with Gasteiger partial charge in [-0.1, -0.05) is 0 Å². The van der Waals surface area contributed by atoms with Gasteiger partial charge in [-0.2, -0.15) is 0 Å². The molecule has 0 spiro atoms. The summed E-state index contributed by atoms with van der Waals surface area (Å²) in [5.74, 6) is -1.15. The van der Waals surface area contributed by atoms with E-state index in [0.29, 0.717) is 0 Å². The molecule has 0 aromatic rings. The first kappa shape index (κ1) is 15.2. The summed E-state index contributed by atoms with van der Waals surface area (Å²) in [5.41, 5.74) is 0. The Morgan fingerprint density at radius 2 is 1.74 bits per heavy atom. The molecule has 1 heterocycles. The van der Waals surface area contributed by atoms with Crippen molar-refractivity contribution in [3.63, 3.8) is 0 Å². The smallest absolute Gasteiger partial charge is 0.412 e. The van der Waals surface area contributed by atoms with Crippen LogP contribution < -0.4 is 0 Å². The zero-order valence-corrected chi connectivity index (χ0v) is 11.2. The molecule has 8 heteroatoms. The molecule has 1 fully saturated rings. The van der Waals surface area contributed by atoms with Gasteiger partial charge in [0, 0.05) is 20.5 Å². The Hall–Kier alpha value is -1.83. The standard InChI is InChI=1S/C11H17NO7/c1-6(13)19-8-5-7(10(14)17-3)12(9(8)16-2)11(15)18-4/h7-9H,5H2,1-4H3/t7-,8+,9+/m0/s1. The zero-order valence-electron chi connectivity index (χ0n) is 11.2. The Labute approximate surface area is 110 Å². The van der Waals surface area contributed by atoms with Crippen LogP contribution in [0.1, 0.15) is 13.3 Å². The molecule has 0 unspecified atom stereocenters. The molecular weight excluding hydrogens is 258 g/mol. The predicted molar refractivity (Wildman–Crippen MR) is 61.0 cm³/mol. The number of esters is 2. The van der Waals surface area contributed by atoms with Gasteiger partial charge in [-0.15, -0.1) is 0 Å². The second-order valence-electron chi connectivity index (χ2n) is 3.93. The van der Waals surface area contributed by atoms with E-state index in [4.69, 9.17) is 9.47 Å². The minimum absolute atomic E-state index is 0.0971. The van der Waals surface area contributed by atoms with E-state index in [9.17, 15) is 14.4 Å². The number of amides is 1. The third kappa shape index (κ3) is 3.14. The predicted octanol–water partition coefficient (Wildman–Crippen LogP) is -0.0957. The molecule has 19 heavy (non-hydrogen) atoms. The first-order chi connectivity index (χ1) is 8.96. The number of carbonyl (C=O) groups is 3. The summed E-state index contributed by atoms with van der Waals surface area (Å²) in [6.07, 6.45) is -2.29. The Morgan fingerprint density at radius 3 is 2.16 bits per heavy atom. The molecule has 8 nitrogen and oxygen atoms in total. The maximum Gasteiger partial charge on any atom is 0.412 e. The minimum atomic E-state index is -0.910. The molecule has 0 N–H and O–H groups in total. The van der Waals surface area contributed by atoms with E-state index in [0.717, 1.165) is 4.90 Å². The van der Waals surface area contributed by atoms with E-state index >= 15 is 0 Å². The molecule has 1 aliphatic rings. The summed E-state index contributed by atoms with van der Waals surface area (Å²) in [4.78, 5) is 35.5. The maximum absolute atomic E-state index is 11.7. The van der Waals surface area contributed by atoms with Crippen molar-refractivity contribution in [1.82, 2.24) is 4.90 Å². The van der Waals surface area contributed by atoms with Crippen LogP contribution in [-0.2, 0) is 28.5 Å². The number of hydrogen-bond donors (Lipinski definition) is 0. The van der Waals surface area contributed by atoms with Crippen LogP contribution in [0.3, 0.4) is 0 Å². The van der Waals surface area contributed by atoms with E-state index in [1.165, 1.54) is 28.3 Å². The molecule has 1 rings (SSSR count). The van der Waals surface area contributed by atoms with Crippen LogP contribution in [0.2, 0.25) is 0 Å². The monoisotopic (exact) mass is 275 g/mol. The number of carbonyl (C=O) groups excluding carboxylic acids is 3. The van der Waals surface area contributed by atoms with Crippen molar-refractivity contribution >= 4 is 18.0 Å². The van der Waals surface area contributed by atoms with E-state index in [1.54, 1.807) is 0 Å². The largest absolute Gasteiger partial charge is 0.467 e. The third-order valence-corrected chi connectivity index (χ3v) is 2.80. The van der Waals surface area contributed by atoms with Crippen molar-refractivity contribution in [2.45, 2.75) is 31.7 Å². The molecular formula is C11H17NO7. The lowest BCUT2D eigenvalue weighted by atomic mass is 10.2. The Balaban J connectivity index is 3.00. The lowest BCUT2D eigenvalue weighted by Gasteiger charge is -2.27. The number of nitrogens with zero attached hydrogens (tertiary/aromatic N) is 1. The topological polar surface area (TPSA) is 91.4 Å². The van der Waals surface area contributed by atoms with Crippen molar-refractivity contribution < 1.29 is 33.3 Å². The summed E-state index contributed by atoms with van der Waals surface area (Å²) in [6, 6.07) is -0.910. The van der Waals surface area contributed by atoms with Gasteiger partial charge >= 0.3 is 18.0 Å². The Kier molecular flexibility index (Phi) is 5.11.